The van der Waals surface area contributed by atoms with Crippen molar-refractivity contribution in [2.45, 2.75) is 32.7 Å². The average molecular weight is 242 g/mol. The van der Waals surface area contributed by atoms with Crippen molar-refractivity contribution < 1.29 is 4.74 Å². The standard InChI is InChI=1S/C13H19NO.ClH/c1-9-5-10(2)7-12(6-9)15-8-13(14)11-3-4-11;/h5-7,11,13H,3-4,8,14H2,1-2H3;1H. The number of hydrogen-bond acceptors (Lipinski definition) is 2. The summed E-state index contributed by atoms with van der Waals surface area (Å²) in [5, 5.41) is 0. The molecule has 1 saturated carbocycles. The summed E-state index contributed by atoms with van der Waals surface area (Å²) in [4.78, 5) is 0. The highest BCUT2D eigenvalue weighted by molar-refractivity contribution is 5.85. The van der Waals surface area contributed by atoms with Crippen molar-refractivity contribution in [2.75, 3.05) is 6.61 Å². The largest absolute Gasteiger partial charge is 0.492 e. The fraction of sp³-hybridized carbons (Fsp3) is 0.538. The lowest BCUT2D eigenvalue weighted by Gasteiger charge is -2.13. The molecule has 0 bridgehead atoms. The van der Waals surface area contributed by atoms with Gasteiger partial charge in [-0.25, -0.2) is 0 Å². The lowest BCUT2D eigenvalue weighted by molar-refractivity contribution is 0.276. The van der Waals surface area contributed by atoms with Crippen LogP contribution in [0.5, 0.6) is 5.75 Å². The van der Waals surface area contributed by atoms with Gasteiger partial charge in [-0.15, -0.1) is 12.4 Å². The average Bonchev–Trinajstić information content (AvgIpc) is 2.95. The molecule has 2 nitrogen and oxygen atoms in total. The Morgan fingerprint density at radius 2 is 1.81 bits per heavy atom. The molecule has 2 N–H and O–H groups in total. The van der Waals surface area contributed by atoms with Gasteiger partial charge in [0.05, 0.1) is 0 Å². The van der Waals surface area contributed by atoms with Gasteiger partial charge >= 0.3 is 0 Å². The molecule has 90 valence electrons. The monoisotopic (exact) mass is 241 g/mol. The zero-order chi connectivity index (χ0) is 10.8. The number of halogens is 1. The lowest BCUT2D eigenvalue weighted by Crippen LogP contribution is -2.29. The summed E-state index contributed by atoms with van der Waals surface area (Å²) in [7, 11) is 0. The second-order valence-corrected chi connectivity index (χ2v) is 4.64. The second kappa shape index (κ2) is 5.55. The molecule has 2 rings (SSSR count). The van der Waals surface area contributed by atoms with Gasteiger partial charge in [0.1, 0.15) is 12.4 Å². The molecule has 0 aliphatic heterocycles. The molecule has 0 radical (unpaired) electrons. The van der Waals surface area contributed by atoms with Gasteiger partial charge < -0.3 is 10.5 Å². The smallest absolute Gasteiger partial charge is 0.119 e. The maximum Gasteiger partial charge on any atom is 0.119 e. The molecule has 0 spiro atoms. The third kappa shape index (κ3) is 3.69. The Hall–Kier alpha value is -0.730. The van der Waals surface area contributed by atoms with Crippen molar-refractivity contribution in [1.29, 1.82) is 0 Å². The van der Waals surface area contributed by atoms with Gasteiger partial charge in [0.25, 0.3) is 0 Å². The summed E-state index contributed by atoms with van der Waals surface area (Å²) in [5.74, 6) is 1.65. The summed E-state index contributed by atoms with van der Waals surface area (Å²) < 4.78 is 5.71. The molecule has 1 fully saturated rings. The van der Waals surface area contributed by atoms with E-state index in [1.165, 1.54) is 24.0 Å². The Balaban J connectivity index is 0.00000128. The molecular formula is C13H20ClNO. The number of ether oxygens (including phenoxy) is 1. The van der Waals surface area contributed by atoms with Gasteiger partial charge in [-0.05, 0) is 55.9 Å². The van der Waals surface area contributed by atoms with Crippen molar-refractivity contribution in [3.05, 3.63) is 29.3 Å². The quantitative estimate of drug-likeness (QED) is 0.880. The molecule has 0 amide bonds. The predicted molar refractivity (Wildman–Crippen MR) is 69.4 cm³/mol. The minimum atomic E-state index is 0. The van der Waals surface area contributed by atoms with Crippen LogP contribution in [0.15, 0.2) is 18.2 Å². The van der Waals surface area contributed by atoms with Gasteiger partial charge in [0, 0.05) is 6.04 Å². The summed E-state index contributed by atoms with van der Waals surface area (Å²) >= 11 is 0. The first-order valence-corrected chi connectivity index (χ1v) is 5.62. The van der Waals surface area contributed by atoms with Gasteiger partial charge in [-0.1, -0.05) is 6.07 Å². The molecule has 3 heteroatoms. The van der Waals surface area contributed by atoms with Crippen LogP contribution < -0.4 is 10.5 Å². The van der Waals surface area contributed by atoms with E-state index in [1.807, 2.05) is 0 Å². The van der Waals surface area contributed by atoms with E-state index in [0.717, 1.165) is 5.75 Å². The lowest BCUT2D eigenvalue weighted by atomic mass is 10.1. The molecule has 0 aromatic heterocycles. The van der Waals surface area contributed by atoms with Crippen LogP contribution in [0, 0.1) is 19.8 Å². The third-order valence-corrected chi connectivity index (χ3v) is 2.87. The van der Waals surface area contributed by atoms with Crippen molar-refractivity contribution in [1.82, 2.24) is 0 Å². The fourth-order valence-corrected chi connectivity index (χ4v) is 1.87. The van der Waals surface area contributed by atoms with E-state index in [-0.39, 0.29) is 18.4 Å². The summed E-state index contributed by atoms with van der Waals surface area (Å²) in [5.41, 5.74) is 8.46. The van der Waals surface area contributed by atoms with Crippen LogP contribution >= 0.6 is 12.4 Å². The molecule has 16 heavy (non-hydrogen) atoms. The Morgan fingerprint density at radius 3 is 2.31 bits per heavy atom. The Kier molecular flexibility index (Phi) is 4.63. The van der Waals surface area contributed by atoms with E-state index >= 15 is 0 Å². The number of aryl methyl sites for hydroxylation is 2. The van der Waals surface area contributed by atoms with Gasteiger partial charge in [-0.3, -0.25) is 0 Å². The van der Waals surface area contributed by atoms with Gasteiger partial charge in [0.15, 0.2) is 0 Å². The van der Waals surface area contributed by atoms with Gasteiger partial charge in [0.2, 0.25) is 0 Å². The Bertz CT molecular complexity index is 330. The van der Waals surface area contributed by atoms with E-state index in [1.54, 1.807) is 0 Å². The summed E-state index contributed by atoms with van der Waals surface area (Å²) in [6, 6.07) is 6.48. The van der Waals surface area contributed by atoms with Gasteiger partial charge in [-0.2, -0.15) is 0 Å². The molecule has 1 aromatic carbocycles. The first-order chi connectivity index (χ1) is 7.15. The zero-order valence-electron chi connectivity index (χ0n) is 9.90. The van der Waals surface area contributed by atoms with Crippen molar-refractivity contribution in [2.24, 2.45) is 11.7 Å². The van der Waals surface area contributed by atoms with Crippen LogP contribution in [-0.4, -0.2) is 12.6 Å². The second-order valence-electron chi connectivity index (χ2n) is 4.64. The van der Waals surface area contributed by atoms with Crippen LogP contribution in [0.25, 0.3) is 0 Å². The third-order valence-electron chi connectivity index (χ3n) is 2.87. The maximum absolute atomic E-state index is 5.98. The van der Waals surface area contributed by atoms with Crippen LogP contribution in [0.2, 0.25) is 0 Å². The molecule has 1 unspecified atom stereocenters. The predicted octanol–water partition coefficient (Wildman–Crippen LogP) is 2.84. The zero-order valence-corrected chi connectivity index (χ0v) is 10.7. The number of nitrogens with two attached hydrogens (primary N) is 1. The normalized spacial score (nSPS) is 16.4. The molecule has 1 aromatic rings. The highest BCUT2D eigenvalue weighted by Crippen LogP contribution is 2.31. The summed E-state index contributed by atoms with van der Waals surface area (Å²) in [6.07, 6.45) is 2.55. The van der Waals surface area contributed by atoms with Crippen LogP contribution in [0.1, 0.15) is 24.0 Å². The minimum absolute atomic E-state index is 0. The Morgan fingerprint density at radius 1 is 1.25 bits per heavy atom. The van der Waals surface area contributed by atoms with E-state index in [2.05, 4.69) is 32.0 Å². The van der Waals surface area contributed by atoms with E-state index in [4.69, 9.17) is 10.5 Å². The van der Waals surface area contributed by atoms with Crippen molar-refractivity contribution in [3.63, 3.8) is 0 Å². The minimum Gasteiger partial charge on any atom is -0.492 e. The van der Waals surface area contributed by atoms with Crippen molar-refractivity contribution >= 4 is 12.4 Å². The molecule has 1 aliphatic carbocycles. The van der Waals surface area contributed by atoms with Crippen LogP contribution in [-0.2, 0) is 0 Å². The number of benzene rings is 1. The van der Waals surface area contributed by atoms with E-state index in [9.17, 15) is 0 Å². The van der Waals surface area contributed by atoms with E-state index < -0.39 is 0 Å². The molecule has 0 heterocycles. The first-order valence-electron chi connectivity index (χ1n) is 5.62. The fourth-order valence-electron chi connectivity index (χ4n) is 1.87. The molecule has 1 atom stereocenters. The topological polar surface area (TPSA) is 35.2 Å². The van der Waals surface area contributed by atoms with E-state index in [0.29, 0.717) is 12.5 Å². The van der Waals surface area contributed by atoms with Crippen LogP contribution in [0.3, 0.4) is 0 Å². The van der Waals surface area contributed by atoms with Crippen molar-refractivity contribution in [3.8, 4) is 5.75 Å². The Labute approximate surface area is 104 Å². The number of rotatable bonds is 4. The first kappa shape index (κ1) is 13.3. The molecule has 1 aliphatic rings. The highest BCUT2D eigenvalue weighted by Gasteiger charge is 2.28. The highest BCUT2D eigenvalue weighted by atomic mass is 35.5. The SMILES string of the molecule is Cc1cc(C)cc(OCC(N)C2CC2)c1.Cl. The summed E-state index contributed by atoms with van der Waals surface area (Å²) in [6.45, 7) is 4.81. The number of hydrogen-bond donors (Lipinski definition) is 1. The maximum atomic E-state index is 5.98. The molecular weight excluding hydrogens is 222 g/mol. The molecule has 0 saturated heterocycles. The van der Waals surface area contributed by atoms with Crippen LogP contribution in [0.4, 0.5) is 0 Å².